The topological polar surface area (TPSA) is 93.1 Å². The highest BCUT2D eigenvalue weighted by Crippen LogP contribution is 2.29. The molecule has 6 nitrogen and oxygen atoms in total. The zero-order valence-corrected chi connectivity index (χ0v) is 13.7. The number of cyclic esters (lactones) is 2. The van der Waals surface area contributed by atoms with Crippen molar-refractivity contribution < 1.29 is 29.3 Å². The maximum absolute atomic E-state index is 12.4. The van der Waals surface area contributed by atoms with Crippen molar-refractivity contribution in [3.8, 4) is 11.5 Å². The number of benzene rings is 1. The maximum Gasteiger partial charge on any atom is 0.342 e. The zero-order valence-electron chi connectivity index (χ0n) is 13.7. The van der Waals surface area contributed by atoms with Crippen molar-refractivity contribution in [3.05, 3.63) is 29.3 Å². The van der Waals surface area contributed by atoms with E-state index in [9.17, 15) is 19.8 Å². The minimum atomic E-state index is -0.655. The zero-order chi connectivity index (χ0) is 17.5. The highest BCUT2D eigenvalue weighted by Gasteiger charge is 2.20. The SMILES string of the molecule is C[C@H]1CCCC(=O)OCCC/C=C/c2cc(O)cc(O)c2C(=O)O1. The fourth-order valence-electron chi connectivity index (χ4n) is 2.49. The molecule has 1 aromatic rings. The monoisotopic (exact) mass is 334 g/mol. The maximum atomic E-state index is 12.4. The number of hydrogen-bond acceptors (Lipinski definition) is 6. The molecule has 0 amide bonds. The predicted octanol–water partition coefficient (Wildman–Crippen LogP) is 3.16. The van der Waals surface area contributed by atoms with E-state index in [1.54, 1.807) is 19.1 Å². The number of carbonyl (C=O) groups is 2. The fourth-order valence-corrected chi connectivity index (χ4v) is 2.49. The smallest absolute Gasteiger partial charge is 0.342 e. The van der Waals surface area contributed by atoms with Crippen molar-refractivity contribution in [3.63, 3.8) is 0 Å². The summed E-state index contributed by atoms with van der Waals surface area (Å²) in [5.41, 5.74) is 0.412. The van der Waals surface area contributed by atoms with Crippen LogP contribution in [0.5, 0.6) is 11.5 Å². The van der Waals surface area contributed by atoms with Gasteiger partial charge in [-0.3, -0.25) is 4.79 Å². The lowest BCUT2D eigenvalue weighted by Crippen LogP contribution is -2.16. The van der Waals surface area contributed by atoms with Crippen LogP contribution >= 0.6 is 0 Å². The molecule has 130 valence electrons. The van der Waals surface area contributed by atoms with Crippen LogP contribution in [0.4, 0.5) is 0 Å². The fraction of sp³-hybridized carbons (Fsp3) is 0.444. The van der Waals surface area contributed by atoms with E-state index in [1.165, 1.54) is 6.07 Å². The van der Waals surface area contributed by atoms with E-state index in [0.717, 1.165) is 6.07 Å². The van der Waals surface area contributed by atoms with E-state index in [-0.39, 0.29) is 29.5 Å². The van der Waals surface area contributed by atoms with Crippen molar-refractivity contribution in [1.82, 2.24) is 0 Å². The summed E-state index contributed by atoms with van der Waals surface area (Å²) in [6.07, 6.45) is 5.68. The summed E-state index contributed by atoms with van der Waals surface area (Å²) in [6.45, 7) is 2.07. The van der Waals surface area contributed by atoms with Crippen LogP contribution in [0.25, 0.3) is 6.08 Å². The van der Waals surface area contributed by atoms with Crippen LogP contribution in [0.2, 0.25) is 0 Å². The summed E-state index contributed by atoms with van der Waals surface area (Å²) in [5, 5.41) is 19.7. The van der Waals surface area contributed by atoms with Gasteiger partial charge in [-0.05, 0) is 44.2 Å². The first kappa shape index (κ1) is 17.8. The molecule has 0 aromatic heterocycles. The van der Waals surface area contributed by atoms with Gasteiger partial charge in [0.2, 0.25) is 0 Å². The minimum absolute atomic E-state index is 0.0260. The quantitative estimate of drug-likeness (QED) is 0.708. The molecule has 2 N–H and O–H groups in total. The highest BCUT2D eigenvalue weighted by molar-refractivity contribution is 5.97. The molecule has 24 heavy (non-hydrogen) atoms. The third-order valence-corrected chi connectivity index (χ3v) is 3.71. The molecule has 0 fully saturated rings. The second-order valence-corrected chi connectivity index (χ2v) is 5.80. The van der Waals surface area contributed by atoms with Crippen LogP contribution in [0.3, 0.4) is 0 Å². The number of phenolic OH excluding ortho intramolecular Hbond substituents is 2. The summed E-state index contributed by atoms with van der Waals surface area (Å²) in [7, 11) is 0. The molecular formula is C18H22O6. The number of ether oxygens (including phenoxy) is 2. The summed E-state index contributed by atoms with van der Waals surface area (Å²) < 4.78 is 10.5. The molecule has 0 bridgehead atoms. The Bertz CT molecular complexity index is 635. The number of esters is 2. The van der Waals surface area contributed by atoms with Gasteiger partial charge >= 0.3 is 11.9 Å². The molecular weight excluding hydrogens is 312 g/mol. The lowest BCUT2D eigenvalue weighted by molar-refractivity contribution is -0.143. The summed E-state index contributed by atoms with van der Waals surface area (Å²) in [4.78, 5) is 23.9. The van der Waals surface area contributed by atoms with Gasteiger partial charge in [-0.25, -0.2) is 4.79 Å². The van der Waals surface area contributed by atoms with Gasteiger partial charge in [-0.1, -0.05) is 12.2 Å². The molecule has 0 radical (unpaired) electrons. The molecule has 1 atom stereocenters. The van der Waals surface area contributed by atoms with Crippen LogP contribution in [0.15, 0.2) is 18.2 Å². The molecule has 0 aliphatic carbocycles. The first-order chi connectivity index (χ1) is 11.5. The number of aromatic hydroxyl groups is 2. The molecule has 2 rings (SSSR count). The van der Waals surface area contributed by atoms with E-state index in [4.69, 9.17) is 9.47 Å². The average molecular weight is 334 g/mol. The Morgan fingerprint density at radius 1 is 1.17 bits per heavy atom. The van der Waals surface area contributed by atoms with Gasteiger partial charge in [0.25, 0.3) is 0 Å². The molecule has 1 aliphatic rings. The second kappa shape index (κ2) is 8.38. The molecule has 0 spiro atoms. The first-order valence-electron chi connectivity index (χ1n) is 8.06. The third kappa shape index (κ3) is 5.01. The molecule has 0 saturated carbocycles. The van der Waals surface area contributed by atoms with Crippen LogP contribution in [0, 0.1) is 0 Å². The van der Waals surface area contributed by atoms with Crippen molar-refractivity contribution in [2.45, 2.75) is 45.1 Å². The highest BCUT2D eigenvalue weighted by atomic mass is 16.5. The van der Waals surface area contributed by atoms with Gasteiger partial charge in [0.05, 0.1) is 12.7 Å². The van der Waals surface area contributed by atoms with Crippen molar-refractivity contribution in [2.24, 2.45) is 0 Å². The van der Waals surface area contributed by atoms with E-state index in [1.807, 2.05) is 0 Å². The Morgan fingerprint density at radius 3 is 2.75 bits per heavy atom. The lowest BCUT2D eigenvalue weighted by Gasteiger charge is -2.15. The Labute approximate surface area is 140 Å². The minimum Gasteiger partial charge on any atom is -0.508 e. The van der Waals surface area contributed by atoms with Gasteiger partial charge in [0.15, 0.2) is 0 Å². The van der Waals surface area contributed by atoms with Crippen molar-refractivity contribution in [1.29, 1.82) is 0 Å². The first-order valence-corrected chi connectivity index (χ1v) is 8.06. The molecule has 0 unspecified atom stereocenters. The summed E-state index contributed by atoms with van der Waals surface area (Å²) >= 11 is 0. The Kier molecular flexibility index (Phi) is 6.23. The van der Waals surface area contributed by atoms with E-state index < -0.39 is 12.1 Å². The van der Waals surface area contributed by atoms with Gasteiger partial charge in [-0.15, -0.1) is 0 Å². The van der Waals surface area contributed by atoms with E-state index >= 15 is 0 Å². The number of carbonyl (C=O) groups excluding carboxylic acids is 2. The molecule has 0 saturated heterocycles. The predicted molar refractivity (Wildman–Crippen MR) is 87.7 cm³/mol. The molecule has 6 heteroatoms. The Balaban J connectivity index is 2.27. The second-order valence-electron chi connectivity index (χ2n) is 5.80. The number of fused-ring (bicyclic) bond motifs is 1. The van der Waals surface area contributed by atoms with Crippen LogP contribution < -0.4 is 0 Å². The van der Waals surface area contributed by atoms with Crippen LogP contribution in [-0.2, 0) is 14.3 Å². The van der Waals surface area contributed by atoms with E-state index in [2.05, 4.69) is 0 Å². The normalized spacial score (nSPS) is 21.6. The van der Waals surface area contributed by atoms with Gasteiger partial charge < -0.3 is 19.7 Å². The number of phenols is 2. The average Bonchev–Trinajstić information content (AvgIpc) is 2.49. The number of allylic oxidation sites excluding steroid dienone is 1. The number of rotatable bonds is 0. The van der Waals surface area contributed by atoms with Gasteiger partial charge in [0.1, 0.15) is 17.1 Å². The standard InChI is InChI=1S/C18H22O6/c1-12-6-5-8-16(21)23-9-4-2-3-7-13-10-14(19)11-15(20)17(13)18(22)24-12/h3,7,10-12,19-20H,2,4-6,8-9H2,1H3/b7-3+/t12-/m0/s1. The van der Waals surface area contributed by atoms with Crippen LogP contribution in [-0.4, -0.2) is 34.9 Å². The van der Waals surface area contributed by atoms with Crippen molar-refractivity contribution >= 4 is 18.0 Å². The van der Waals surface area contributed by atoms with Crippen molar-refractivity contribution in [2.75, 3.05) is 6.61 Å². The molecule has 1 heterocycles. The largest absolute Gasteiger partial charge is 0.508 e. The summed E-state index contributed by atoms with van der Waals surface area (Å²) in [5.74, 6) is -1.37. The van der Waals surface area contributed by atoms with Gasteiger partial charge in [-0.2, -0.15) is 0 Å². The van der Waals surface area contributed by atoms with E-state index in [0.29, 0.717) is 37.9 Å². The van der Waals surface area contributed by atoms with Gasteiger partial charge in [0, 0.05) is 12.5 Å². The summed E-state index contributed by atoms with van der Waals surface area (Å²) in [6, 6.07) is 2.51. The Hall–Kier alpha value is -2.50. The Morgan fingerprint density at radius 2 is 1.96 bits per heavy atom. The molecule has 1 aromatic carbocycles. The van der Waals surface area contributed by atoms with Crippen LogP contribution in [0.1, 0.15) is 54.9 Å². The lowest BCUT2D eigenvalue weighted by atomic mass is 10.0. The number of hydrogen-bond donors (Lipinski definition) is 2. The third-order valence-electron chi connectivity index (χ3n) is 3.71. The molecule has 1 aliphatic heterocycles.